The smallest absolute Gasteiger partial charge is 0.238 e. The van der Waals surface area contributed by atoms with Gasteiger partial charge in [0.1, 0.15) is 0 Å². The molecule has 0 aliphatic carbocycles. The standard InChI is InChI=1S/C16H25N3O3S/c1-11-3-4-14(10-15(11)23(17,21)22)19-16(20)9-12(2)13-5-7-18-8-6-13/h3-4,10,12-13,18H,5-9H2,1-2H3,(H,19,20)(H2,17,21,22). The van der Waals surface area contributed by atoms with E-state index >= 15 is 0 Å². The molecule has 1 amide bonds. The zero-order chi connectivity index (χ0) is 17.0. The third-order valence-corrected chi connectivity index (χ3v) is 5.53. The number of hydrogen-bond acceptors (Lipinski definition) is 4. The van der Waals surface area contributed by atoms with E-state index in [0.717, 1.165) is 25.9 Å². The average Bonchev–Trinajstić information content (AvgIpc) is 2.49. The molecule has 1 aliphatic heterocycles. The molecule has 128 valence electrons. The molecule has 23 heavy (non-hydrogen) atoms. The number of primary sulfonamides is 1. The van der Waals surface area contributed by atoms with Crippen molar-refractivity contribution in [1.82, 2.24) is 5.32 Å². The van der Waals surface area contributed by atoms with E-state index in [4.69, 9.17) is 5.14 Å². The monoisotopic (exact) mass is 339 g/mol. The molecule has 0 radical (unpaired) electrons. The van der Waals surface area contributed by atoms with Crippen molar-refractivity contribution in [3.63, 3.8) is 0 Å². The summed E-state index contributed by atoms with van der Waals surface area (Å²) in [4.78, 5) is 12.2. The normalized spacial score (nSPS) is 17.7. The highest BCUT2D eigenvalue weighted by Gasteiger charge is 2.22. The lowest BCUT2D eigenvalue weighted by Gasteiger charge is -2.27. The second-order valence-electron chi connectivity index (χ2n) is 6.34. The molecule has 0 saturated carbocycles. The molecule has 1 unspecified atom stereocenters. The van der Waals surface area contributed by atoms with Crippen molar-refractivity contribution in [2.75, 3.05) is 18.4 Å². The number of anilines is 1. The fourth-order valence-electron chi connectivity index (χ4n) is 3.07. The highest BCUT2D eigenvalue weighted by Crippen LogP contribution is 2.25. The third kappa shape index (κ3) is 5.02. The van der Waals surface area contributed by atoms with E-state index in [1.165, 1.54) is 6.07 Å². The lowest BCUT2D eigenvalue weighted by Crippen LogP contribution is -2.32. The van der Waals surface area contributed by atoms with E-state index in [0.29, 0.717) is 29.5 Å². The molecule has 1 heterocycles. The minimum atomic E-state index is -3.79. The fourth-order valence-corrected chi connectivity index (χ4v) is 3.88. The van der Waals surface area contributed by atoms with Crippen molar-refractivity contribution in [2.45, 2.75) is 38.0 Å². The van der Waals surface area contributed by atoms with Gasteiger partial charge in [-0.3, -0.25) is 4.79 Å². The summed E-state index contributed by atoms with van der Waals surface area (Å²) in [5, 5.41) is 11.3. The van der Waals surface area contributed by atoms with Crippen molar-refractivity contribution >= 4 is 21.6 Å². The van der Waals surface area contributed by atoms with Crippen molar-refractivity contribution in [3.8, 4) is 0 Å². The Labute approximate surface area is 137 Å². The van der Waals surface area contributed by atoms with Crippen molar-refractivity contribution in [1.29, 1.82) is 0 Å². The van der Waals surface area contributed by atoms with Gasteiger partial charge in [0.2, 0.25) is 15.9 Å². The van der Waals surface area contributed by atoms with Crippen LogP contribution in [0.3, 0.4) is 0 Å². The summed E-state index contributed by atoms with van der Waals surface area (Å²) in [5.41, 5.74) is 1.02. The molecule has 1 atom stereocenters. The topological polar surface area (TPSA) is 101 Å². The SMILES string of the molecule is Cc1ccc(NC(=O)CC(C)C2CCNCC2)cc1S(N)(=O)=O. The summed E-state index contributed by atoms with van der Waals surface area (Å²) in [6.45, 7) is 5.78. The van der Waals surface area contributed by atoms with E-state index in [-0.39, 0.29) is 10.8 Å². The number of carbonyl (C=O) groups is 1. The number of piperidine rings is 1. The number of benzene rings is 1. The Morgan fingerprint density at radius 1 is 1.39 bits per heavy atom. The van der Waals surface area contributed by atoms with Gasteiger partial charge in [0.25, 0.3) is 0 Å². The van der Waals surface area contributed by atoms with Crippen molar-refractivity contribution in [2.24, 2.45) is 17.0 Å². The summed E-state index contributed by atoms with van der Waals surface area (Å²) in [5.74, 6) is 0.764. The first kappa shape index (κ1) is 17.9. The Morgan fingerprint density at radius 3 is 2.65 bits per heavy atom. The number of amides is 1. The van der Waals surface area contributed by atoms with Crippen LogP contribution in [0, 0.1) is 18.8 Å². The van der Waals surface area contributed by atoms with Crippen LogP contribution in [0.25, 0.3) is 0 Å². The highest BCUT2D eigenvalue weighted by molar-refractivity contribution is 7.89. The number of sulfonamides is 1. The van der Waals surface area contributed by atoms with Gasteiger partial charge >= 0.3 is 0 Å². The van der Waals surface area contributed by atoms with E-state index in [2.05, 4.69) is 17.6 Å². The lowest BCUT2D eigenvalue weighted by atomic mass is 9.84. The predicted molar refractivity (Wildman–Crippen MR) is 90.6 cm³/mol. The lowest BCUT2D eigenvalue weighted by molar-refractivity contribution is -0.117. The zero-order valence-electron chi connectivity index (χ0n) is 13.6. The second kappa shape index (κ2) is 7.42. The van der Waals surface area contributed by atoms with Gasteiger partial charge in [0.05, 0.1) is 4.90 Å². The van der Waals surface area contributed by atoms with Gasteiger partial charge in [0.15, 0.2) is 0 Å². The summed E-state index contributed by atoms with van der Waals surface area (Å²) in [6.07, 6.45) is 2.62. The molecule has 1 aromatic rings. The Hall–Kier alpha value is -1.44. The maximum Gasteiger partial charge on any atom is 0.238 e. The number of aryl methyl sites for hydroxylation is 1. The van der Waals surface area contributed by atoms with Gasteiger partial charge in [-0.25, -0.2) is 13.6 Å². The molecular weight excluding hydrogens is 314 g/mol. The van der Waals surface area contributed by atoms with Crippen LogP contribution < -0.4 is 15.8 Å². The van der Waals surface area contributed by atoms with Crippen LogP contribution in [-0.4, -0.2) is 27.4 Å². The number of nitrogens with two attached hydrogens (primary N) is 1. The first-order valence-electron chi connectivity index (χ1n) is 7.91. The van der Waals surface area contributed by atoms with Crippen LogP contribution in [0.15, 0.2) is 23.1 Å². The van der Waals surface area contributed by atoms with E-state index in [1.807, 2.05) is 0 Å². The quantitative estimate of drug-likeness (QED) is 0.758. The Morgan fingerprint density at radius 2 is 2.04 bits per heavy atom. The molecular formula is C16H25N3O3S. The minimum absolute atomic E-state index is 0.0432. The molecule has 1 fully saturated rings. The maximum absolute atomic E-state index is 12.2. The van der Waals surface area contributed by atoms with Gasteiger partial charge in [-0.05, 0) is 62.4 Å². The maximum atomic E-state index is 12.2. The van der Waals surface area contributed by atoms with E-state index in [9.17, 15) is 13.2 Å². The van der Waals surface area contributed by atoms with E-state index < -0.39 is 10.0 Å². The average molecular weight is 339 g/mol. The van der Waals surface area contributed by atoms with Gasteiger partial charge in [-0.1, -0.05) is 13.0 Å². The van der Waals surface area contributed by atoms with Crippen molar-refractivity contribution in [3.05, 3.63) is 23.8 Å². The molecule has 2 rings (SSSR count). The zero-order valence-corrected chi connectivity index (χ0v) is 14.4. The van der Waals surface area contributed by atoms with Crippen LogP contribution >= 0.6 is 0 Å². The third-order valence-electron chi connectivity index (χ3n) is 4.47. The van der Waals surface area contributed by atoms with Gasteiger partial charge in [0, 0.05) is 12.1 Å². The van der Waals surface area contributed by atoms with Gasteiger partial charge < -0.3 is 10.6 Å². The predicted octanol–water partition coefficient (Wildman–Crippen LogP) is 1.61. The minimum Gasteiger partial charge on any atom is -0.326 e. The number of nitrogens with one attached hydrogen (secondary N) is 2. The number of rotatable bonds is 5. The molecule has 4 N–H and O–H groups in total. The summed E-state index contributed by atoms with van der Waals surface area (Å²) in [6, 6.07) is 4.75. The summed E-state index contributed by atoms with van der Waals surface area (Å²) < 4.78 is 23.1. The Bertz CT molecular complexity index is 667. The molecule has 1 aromatic carbocycles. The molecule has 6 nitrogen and oxygen atoms in total. The molecule has 1 saturated heterocycles. The number of carbonyl (C=O) groups excluding carboxylic acids is 1. The molecule has 0 spiro atoms. The first-order chi connectivity index (χ1) is 10.8. The molecule has 7 heteroatoms. The largest absolute Gasteiger partial charge is 0.326 e. The van der Waals surface area contributed by atoms with E-state index in [1.54, 1.807) is 19.1 Å². The van der Waals surface area contributed by atoms with Crippen LogP contribution in [-0.2, 0) is 14.8 Å². The first-order valence-corrected chi connectivity index (χ1v) is 9.46. The van der Waals surface area contributed by atoms with Crippen LogP contribution in [0.1, 0.15) is 31.7 Å². The molecule has 1 aliphatic rings. The summed E-state index contributed by atoms with van der Waals surface area (Å²) >= 11 is 0. The molecule has 0 bridgehead atoms. The van der Waals surface area contributed by atoms with Crippen LogP contribution in [0.5, 0.6) is 0 Å². The fraction of sp³-hybridized carbons (Fsp3) is 0.562. The Balaban J connectivity index is 2.00. The van der Waals surface area contributed by atoms with Crippen LogP contribution in [0.2, 0.25) is 0 Å². The van der Waals surface area contributed by atoms with Crippen molar-refractivity contribution < 1.29 is 13.2 Å². The Kier molecular flexibility index (Phi) is 5.78. The van der Waals surface area contributed by atoms with Gasteiger partial charge in [-0.2, -0.15) is 0 Å². The highest BCUT2D eigenvalue weighted by atomic mass is 32.2. The van der Waals surface area contributed by atoms with Gasteiger partial charge in [-0.15, -0.1) is 0 Å². The molecule has 0 aromatic heterocycles. The summed E-state index contributed by atoms with van der Waals surface area (Å²) in [7, 11) is -3.79. The van der Waals surface area contributed by atoms with Crippen LogP contribution in [0.4, 0.5) is 5.69 Å². The number of hydrogen-bond donors (Lipinski definition) is 3. The second-order valence-corrected chi connectivity index (χ2v) is 7.87.